The van der Waals surface area contributed by atoms with E-state index in [1.54, 1.807) is 24.3 Å². The molecule has 2 N–H and O–H groups in total. The summed E-state index contributed by atoms with van der Waals surface area (Å²) in [5, 5.41) is 28.2. The van der Waals surface area contributed by atoms with Crippen molar-refractivity contribution < 1.29 is 305 Å². The Labute approximate surface area is 1130 Å². The second-order valence-electron chi connectivity index (χ2n) is 40.3. The van der Waals surface area contributed by atoms with Crippen LogP contribution in [0.2, 0.25) is 0 Å². The van der Waals surface area contributed by atoms with E-state index in [-0.39, 0.29) is 283 Å². The van der Waals surface area contributed by atoms with Gasteiger partial charge in [0.25, 0.3) is 6.47 Å². The summed E-state index contributed by atoms with van der Waals surface area (Å²) in [4.78, 5) is 31.8. The van der Waals surface area contributed by atoms with Crippen molar-refractivity contribution in [2.75, 3.05) is 31.8 Å². The number of benzene rings is 5. The third-order valence-corrected chi connectivity index (χ3v) is 29.8. The maximum Gasteiger partial charge on any atom is 1.00 e. The van der Waals surface area contributed by atoms with Crippen LogP contribution in [0.4, 0.5) is 0 Å². The Morgan fingerprint density at radius 3 is 0.714 bits per heavy atom. The number of phenols is 1. The van der Waals surface area contributed by atoms with Crippen molar-refractivity contribution in [1.29, 1.82) is 1.34 Å². The van der Waals surface area contributed by atoms with Crippen molar-refractivity contribution in [3.05, 3.63) is 149 Å². The van der Waals surface area contributed by atoms with Crippen LogP contribution in [0.15, 0.2) is 121 Å². The number of aliphatic hydroxyl groups is 1. The predicted molar refractivity (Wildman–Crippen MR) is 612 cm³/mol. The van der Waals surface area contributed by atoms with Gasteiger partial charge in [-0.3, -0.25) is 14.4 Å². The van der Waals surface area contributed by atoms with Gasteiger partial charge in [-0.15, -0.1) is 0 Å². The van der Waals surface area contributed by atoms with Crippen LogP contribution in [0.5, 0.6) is 28.7 Å². The first-order valence-corrected chi connectivity index (χ1v) is 65.4. The van der Waals surface area contributed by atoms with E-state index in [4.69, 9.17) is 40.5 Å². The van der Waals surface area contributed by atoms with Crippen LogP contribution in [0, 0.1) is 66.6 Å². The number of phenolic OH excluding ortho intramolecular Hbond substituents is 1. The first-order chi connectivity index (χ1) is 67.9. The second kappa shape index (κ2) is 126. The number of rotatable bonds is 45. The first-order valence-electron chi connectivity index (χ1n) is 56.3. The van der Waals surface area contributed by atoms with Gasteiger partial charge in [-0.05, 0) is 236 Å². The van der Waals surface area contributed by atoms with Crippen molar-refractivity contribution in [1.82, 2.24) is 0 Å². The molecule has 0 saturated heterocycles. The number of halogens is 5. The van der Waals surface area contributed by atoms with Gasteiger partial charge in [0.15, 0.2) is 0 Å². The average molecular weight is 2870 g/mol. The Hall–Kier alpha value is 4.71. The van der Waals surface area contributed by atoms with Crippen LogP contribution >= 0.6 is 82.4 Å². The molecule has 11 saturated carbocycles. The molecule has 0 aliphatic heterocycles. The molecule has 0 unspecified atom stereocenters. The van der Waals surface area contributed by atoms with Gasteiger partial charge < -0.3 is 42.2 Å². The Balaban J connectivity index is -0.000000183. The van der Waals surface area contributed by atoms with Gasteiger partial charge in [0.1, 0.15) is 45.3 Å². The molecule has 5 aromatic rings. The maximum absolute atomic E-state index is 10.5. The van der Waals surface area contributed by atoms with E-state index < -0.39 is 0 Å². The summed E-state index contributed by atoms with van der Waals surface area (Å²) in [5.74, 6) is 10.3. The Morgan fingerprint density at radius 2 is 0.517 bits per heavy atom. The average Bonchev–Trinajstić information content (AvgIpc) is 1.72. The zero-order valence-electron chi connectivity index (χ0n) is 94.6. The molecule has 0 bridgehead atoms. The fourth-order valence-corrected chi connectivity index (χ4v) is 20.8. The van der Waals surface area contributed by atoms with Crippen LogP contribution in [0.3, 0.4) is 0 Å². The molecule has 11 aliphatic carbocycles. The van der Waals surface area contributed by atoms with E-state index in [9.17, 15) is 9.59 Å². The van der Waals surface area contributed by atoms with Crippen molar-refractivity contribution in [3.8, 4) is 28.7 Å². The van der Waals surface area contributed by atoms with Crippen LogP contribution in [0.1, 0.15) is 503 Å². The van der Waals surface area contributed by atoms with Gasteiger partial charge in [0.2, 0.25) is 0 Å². The fourth-order valence-electron chi connectivity index (χ4n) is 20.0. The summed E-state index contributed by atoms with van der Waals surface area (Å²) in [6, 6.07) is 38.2. The monoisotopic (exact) mass is 2870 g/mol. The van der Waals surface area contributed by atoms with Crippen molar-refractivity contribution in [3.63, 3.8) is 0 Å². The Kier molecular flexibility index (Phi) is 141. The molecule has 16 rings (SSSR count). The molecule has 11 fully saturated rings. The van der Waals surface area contributed by atoms with Gasteiger partial charge in [-0.1, -0.05) is 486 Å². The van der Waals surface area contributed by atoms with E-state index in [1.165, 1.54) is 484 Å². The molecule has 0 amide bonds. The molecule has 147 heavy (non-hydrogen) atoms. The van der Waals surface area contributed by atoms with Crippen LogP contribution in [-0.4, -0.2) is 79.1 Å². The third kappa shape index (κ3) is 106. The molecule has 11 aliphatic rings. The van der Waals surface area contributed by atoms with Crippen LogP contribution < -0.4 is 157 Å². The summed E-state index contributed by atoms with van der Waals surface area (Å²) in [7, 11) is 3.75. The summed E-state index contributed by atoms with van der Waals surface area (Å²) >= 11 is 16.4. The molecular formula is C119H194B2Br5Fe5K2NaO11PU. The van der Waals surface area contributed by atoms with Gasteiger partial charge in [0, 0.05) is 155 Å². The van der Waals surface area contributed by atoms with E-state index in [1.807, 2.05) is 36.4 Å². The number of alkyl halides is 2. The molecule has 0 heterocycles. The topological polar surface area (TPSA) is 161 Å². The minimum Gasteiger partial charge on any atom is -1.00 e. The molecule has 5 aromatic carbocycles. The minimum atomic E-state index is -0.183. The number of unbranched alkanes of at least 4 members (excludes halogenated alkanes) is 15. The standard InChI is InChI=1S/C21H32O.C18H27BrO.C18H28O2.C18H26O2.C11H21Br.C7H6O2.5C5H10.CH2O3.BH.B.Br3P.5Fe.2K.Na.U.2H/c1(3-7-18-8-4-5-9-18)2-6-16-22-21-14-12-20(13-15-21)17-19-10-11-19;3*19-15-17-10-12-18(13-11-17)20-14-6-2-1-3-7-16-8-4-5-9-16;12-10-6-2-1-3-7-11-8-4-5-9-11;8-5-6-1-3-7(9)4-2-6;5*1-2-4-5-3-1;2-1-4-3;;;1-4(2)3;;;;;;;;;;;/h12-15,18-19H,1-11,16-17H2;10-13,16H,1-9,14-15H2;10-13,16,19H,1-9,14-15H2;10-13,15-16H,1-9,14H2;11H,1-10H2;1-5,9H;5*1-5H2;1,3H;1H;;;;;;;;;;;;;/q;;;;;;;;;;;;;;;;;;;;3*+1;;2*-1/p-1/i;;;;;;;;;;;;1D;;;;;;;;;;;;;. The van der Waals surface area contributed by atoms with E-state index >= 15 is 0 Å². The number of aliphatic hydroxyl groups excluding tert-OH is 1. The van der Waals surface area contributed by atoms with E-state index in [2.05, 4.69) is 140 Å². The molecule has 0 spiro atoms. The second-order valence-corrected chi connectivity index (χ2v) is 57.0. The van der Waals surface area contributed by atoms with Crippen molar-refractivity contribution >= 4 is 118 Å². The number of carbonyl (C=O) groups excluding carboxylic acids is 3. The quantitative estimate of drug-likeness (QED) is 0.00726. The van der Waals surface area contributed by atoms with E-state index in [0.29, 0.717) is 11.1 Å². The largest absolute Gasteiger partial charge is 1.00 e. The SMILES string of the molecule is BrCCCCCCC1CCCC1.BrCc1ccc(OCCCCCCC2CCCC2)cc1.BrP(Br)Br.C1CCCC1.C1CCCC1.C1CCCC1.C1CCCC1.C1CCCC1.O=CO[O-].O=Cc1ccc(O)cc1.O=Cc1ccc(OCCCCCCC2CCCC2)cc1.OCc1ccc(OCCCCCCC2CCCC2)cc1.[2H][B].[B].[Fe].[Fe].[Fe].[Fe].[Fe].[H-].[H-].[K+].[K+].[Na+].[U].c1cc(OCCCCCCC2CCCC2)ccc1CC1CC1. The fraction of sp³-hybridized carbons (Fsp3) is 0.723. The summed E-state index contributed by atoms with van der Waals surface area (Å²) in [5.41, 5.74) is 4.98. The molecule has 28 heteroatoms. The molecule has 0 atom stereocenters. The van der Waals surface area contributed by atoms with Gasteiger partial charge in [0.05, 0.1) is 33.0 Å². The number of ether oxygens (including phenoxy) is 4. The van der Waals surface area contributed by atoms with Crippen molar-refractivity contribution in [2.45, 2.75) is 481 Å². The number of carbonyl (C=O) groups is 3. The zero-order valence-corrected chi connectivity index (χ0v) is 118. The van der Waals surface area contributed by atoms with Crippen LogP contribution in [-0.2, 0) is 113 Å². The summed E-state index contributed by atoms with van der Waals surface area (Å²) in [6.07, 6.45) is 107. The number of aldehydes is 2. The number of hydrogen-bond donors (Lipinski definition) is 2. The molecular weight excluding hydrogens is 2680 g/mol. The number of aromatic hydroxyl groups is 1. The van der Waals surface area contributed by atoms with E-state index in [0.717, 1.165) is 121 Å². The zero-order chi connectivity index (χ0) is 99.2. The minimum absolute atomic E-state index is 0. The number of hydrogen-bond acceptors (Lipinski definition) is 11. The summed E-state index contributed by atoms with van der Waals surface area (Å²) < 4.78 is 28.1. The Morgan fingerprint density at radius 1 is 0.320 bits per heavy atom. The molecule has 829 valence electrons. The van der Waals surface area contributed by atoms with Gasteiger partial charge in [-0.25, -0.2) is 0 Å². The molecule has 5 radical (unpaired) electrons. The normalized spacial score (nSPS) is 15.7. The molecule has 11 nitrogen and oxygen atoms in total. The maximum atomic E-state index is 10.5. The third-order valence-electron chi connectivity index (χ3n) is 28.6. The first kappa shape index (κ1) is 165. The smallest absolute Gasteiger partial charge is 1.00 e. The van der Waals surface area contributed by atoms with Gasteiger partial charge >= 0.3 is 132 Å². The summed E-state index contributed by atoms with van der Waals surface area (Å²) in [6.45, 7) is 3.25. The van der Waals surface area contributed by atoms with Gasteiger partial charge in [-0.2, -0.15) is 0 Å². The Bertz CT molecular complexity index is 3290. The van der Waals surface area contributed by atoms with Crippen molar-refractivity contribution in [2.24, 2.45) is 35.5 Å². The molecule has 0 aromatic heterocycles. The van der Waals surface area contributed by atoms with Crippen LogP contribution in [0.25, 0.3) is 0 Å². The predicted octanol–water partition coefficient (Wildman–Crippen LogP) is 29.5.